The molecule has 2 aromatic rings. The van der Waals surface area contributed by atoms with Crippen LogP contribution in [0.25, 0.3) is 0 Å². The van der Waals surface area contributed by atoms with E-state index in [1.807, 2.05) is 19.2 Å². The summed E-state index contributed by atoms with van der Waals surface area (Å²) in [5, 5.41) is 7.16. The van der Waals surface area contributed by atoms with Crippen molar-refractivity contribution in [2.75, 3.05) is 5.32 Å². The molecule has 0 atom stereocenters. The Hall–Kier alpha value is -1.64. The lowest BCUT2D eigenvalue weighted by molar-refractivity contribution is 0.742. The lowest BCUT2D eigenvalue weighted by Gasteiger charge is -2.05. The van der Waals surface area contributed by atoms with Gasteiger partial charge in [-0.25, -0.2) is 9.98 Å². The molecular formula is C13H19IN6. The van der Waals surface area contributed by atoms with E-state index >= 15 is 0 Å². The van der Waals surface area contributed by atoms with Gasteiger partial charge in [0.1, 0.15) is 12.9 Å². The summed E-state index contributed by atoms with van der Waals surface area (Å²) in [6.07, 6.45) is 2.66. The Morgan fingerprint density at radius 1 is 1.35 bits per heavy atom. The van der Waals surface area contributed by atoms with Crippen LogP contribution in [0, 0.1) is 0 Å². The Bertz CT molecular complexity index is 560. The van der Waals surface area contributed by atoms with E-state index < -0.39 is 0 Å². The maximum absolute atomic E-state index is 5.81. The van der Waals surface area contributed by atoms with Gasteiger partial charge in [-0.1, -0.05) is 19.1 Å². The van der Waals surface area contributed by atoms with Gasteiger partial charge in [0.2, 0.25) is 0 Å². The topological polar surface area (TPSA) is 81.1 Å². The van der Waals surface area contributed by atoms with Crippen molar-refractivity contribution in [1.29, 1.82) is 0 Å². The summed E-state index contributed by atoms with van der Waals surface area (Å²) in [6, 6.07) is 8.10. The first kappa shape index (κ1) is 16.4. The van der Waals surface area contributed by atoms with Crippen LogP contribution in [-0.4, -0.2) is 20.7 Å². The van der Waals surface area contributed by atoms with Gasteiger partial charge < -0.3 is 11.1 Å². The summed E-state index contributed by atoms with van der Waals surface area (Å²) in [5.41, 5.74) is 8.02. The Labute approximate surface area is 135 Å². The molecule has 0 aliphatic carbocycles. The SMILES string of the molecule is CCc1ccc(NC(N)=NCc2ncn(C)n2)cc1.I. The van der Waals surface area contributed by atoms with Crippen LogP contribution in [-0.2, 0) is 20.0 Å². The van der Waals surface area contributed by atoms with E-state index in [1.165, 1.54) is 5.56 Å². The molecule has 0 fully saturated rings. The third-order valence-corrected chi connectivity index (χ3v) is 2.67. The molecule has 1 aromatic heterocycles. The van der Waals surface area contributed by atoms with Gasteiger partial charge in [-0.15, -0.1) is 24.0 Å². The molecule has 0 aliphatic heterocycles. The van der Waals surface area contributed by atoms with Gasteiger partial charge in [0.25, 0.3) is 0 Å². The molecule has 2 rings (SSSR count). The van der Waals surface area contributed by atoms with Crippen molar-refractivity contribution in [3.05, 3.63) is 42.0 Å². The number of aryl methyl sites for hydroxylation is 2. The van der Waals surface area contributed by atoms with Crippen molar-refractivity contribution < 1.29 is 0 Å². The fraction of sp³-hybridized carbons (Fsp3) is 0.308. The van der Waals surface area contributed by atoms with Crippen molar-refractivity contribution in [2.24, 2.45) is 17.8 Å². The number of anilines is 1. The second-order valence-electron chi connectivity index (χ2n) is 4.21. The number of hydrogen-bond donors (Lipinski definition) is 2. The van der Waals surface area contributed by atoms with Gasteiger partial charge in [0.05, 0.1) is 0 Å². The molecule has 7 heteroatoms. The third kappa shape index (κ3) is 4.80. The number of benzene rings is 1. The average Bonchev–Trinajstić information content (AvgIpc) is 2.83. The largest absolute Gasteiger partial charge is 0.370 e. The minimum absolute atomic E-state index is 0. The minimum Gasteiger partial charge on any atom is -0.370 e. The smallest absolute Gasteiger partial charge is 0.193 e. The van der Waals surface area contributed by atoms with E-state index in [1.54, 1.807) is 11.0 Å². The van der Waals surface area contributed by atoms with E-state index in [4.69, 9.17) is 5.73 Å². The molecule has 0 bridgehead atoms. The van der Waals surface area contributed by atoms with Gasteiger partial charge in [0, 0.05) is 12.7 Å². The molecule has 20 heavy (non-hydrogen) atoms. The molecule has 0 saturated heterocycles. The lowest BCUT2D eigenvalue weighted by Crippen LogP contribution is -2.22. The summed E-state index contributed by atoms with van der Waals surface area (Å²) in [7, 11) is 1.82. The molecule has 0 aliphatic rings. The standard InChI is InChI=1S/C13H18N6.HI/c1-3-10-4-6-11(7-5-10)17-13(14)15-8-12-16-9-19(2)18-12;/h4-7,9H,3,8H2,1-2H3,(H3,14,15,17);1H. The highest BCUT2D eigenvalue weighted by atomic mass is 127. The zero-order chi connectivity index (χ0) is 13.7. The number of nitrogens with two attached hydrogens (primary N) is 1. The van der Waals surface area contributed by atoms with Gasteiger partial charge in [0.15, 0.2) is 11.8 Å². The van der Waals surface area contributed by atoms with Crippen LogP contribution in [0.4, 0.5) is 5.69 Å². The molecule has 0 saturated carbocycles. The van der Waals surface area contributed by atoms with Crippen LogP contribution < -0.4 is 11.1 Å². The summed E-state index contributed by atoms with van der Waals surface area (Å²) in [4.78, 5) is 8.27. The summed E-state index contributed by atoms with van der Waals surface area (Å²) >= 11 is 0. The normalized spacial score (nSPS) is 11.0. The summed E-state index contributed by atoms with van der Waals surface area (Å²) in [6.45, 7) is 2.49. The maximum atomic E-state index is 5.81. The quantitative estimate of drug-likeness (QED) is 0.478. The molecule has 108 valence electrons. The zero-order valence-corrected chi connectivity index (χ0v) is 13.9. The molecule has 3 N–H and O–H groups in total. The van der Waals surface area contributed by atoms with E-state index in [0.29, 0.717) is 18.3 Å². The number of guanidine groups is 1. The monoisotopic (exact) mass is 386 g/mol. The van der Waals surface area contributed by atoms with Crippen molar-refractivity contribution >= 4 is 35.6 Å². The Morgan fingerprint density at radius 3 is 2.60 bits per heavy atom. The van der Waals surface area contributed by atoms with E-state index in [-0.39, 0.29) is 24.0 Å². The van der Waals surface area contributed by atoms with E-state index in [9.17, 15) is 0 Å². The number of aromatic nitrogens is 3. The molecule has 0 amide bonds. The maximum Gasteiger partial charge on any atom is 0.193 e. The number of aliphatic imine (C=N–C) groups is 1. The average molecular weight is 386 g/mol. The molecule has 1 heterocycles. The van der Waals surface area contributed by atoms with Gasteiger partial charge in [-0.2, -0.15) is 5.10 Å². The van der Waals surface area contributed by atoms with Crippen LogP contribution >= 0.6 is 24.0 Å². The van der Waals surface area contributed by atoms with Crippen LogP contribution in [0.1, 0.15) is 18.3 Å². The van der Waals surface area contributed by atoms with Gasteiger partial charge >= 0.3 is 0 Å². The van der Waals surface area contributed by atoms with Crippen LogP contribution in [0.5, 0.6) is 0 Å². The highest BCUT2D eigenvalue weighted by molar-refractivity contribution is 14.0. The molecule has 0 spiro atoms. The fourth-order valence-corrected chi connectivity index (χ4v) is 1.62. The lowest BCUT2D eigenvalue weighted by atomic mass is 10.1. The highest BCUT2D eigenvalue weighted by Gasteiger charge is 1.99. The number of rotatable bonds is 4. The van der Waals surface area contributed by atoms with Crippen LogP contribution in [0.15, 0.2) is 35.6 Å². The molecule has 6 nitrogen and oxygen atoms in total. The number of nitrogens with one attached hydrogen (secondary N) is 1. The molecule has 0 unspecified atom stereocenters. The number of halogens is 1. The van der Waals surface area contributed by atoms with Crippen LogP contribution in [0.2, 0.25) is 0 Å². The van der Waals surface area contributed by atoms with Crippen LogP contribution in [0.3, 0.4) is 0 Å². The second-order valence-corrected chi connectivity index (χ2v) is 4.21. The predicted molar refractivity (Wildman–Crippen MR) is 91.2 cm³/mol. The second kappa shape index (κ2) is 7.83. The van der Waals surface area contributed by atoms with E-state index in [0.717, 1.165) is 12.1 Å². The predicted octanol–water partition coefficient (Wildman–Crippen LogP) is 1.92. The zero-order valence-electron chi connectivity index (χ0n) is 11.6. The number of nitrogens with zero attached hydrogens (tertiary/aromatic N) is 4. The third-order valence-electron chi connectivity index (χ3n) is 2.67. The Balaban J connectivity index is 0.00000200. The molecule has 1 aromatic carbocycles. The minimum atomic E-state index is 0. The Morgan fingerprint density at radius 2 is 2.05 bits per heavy atom. The first-order chi connectivity index (χ1) is 9.17. The molecule has 0 radical (unpaired) electrons. The number of hydrogen-bond acceptors (Lipinski definition) is 3. The summed E-state index contributed by atoms with van der Waals surface area (Å²) in [5.74, 6) is 1.00. The Kier molecular flexibility index (Phi) is 6.43. The molecular weight excluding hydrogens is 367 g/mol. The fourth-order valence-electron chi connectivity index (χ4n) is 1.62. The van der Waals surface area contributed by atoms with Crippen molar-refractivity contribution in [3.8, 4) is 0 Å². The van der Waals surface area contributed by atoms with Crippen molar-refractivity contribution in [3.63, 3.8) is 0 Å². The van der Waals surface area contributed by atoms with Crippen molar-refractivity contribution in [2.45, 2.75) is 19.9 Å². The van der Waals surface area contributed by atoms with Gasteiger partial charge in [-0.05, 0) is 24.1 Å². The van der Waals surface area contributed by atoms with E-state index in [2.05, 4.69) is 39.4 Å². The summed E-state index contributed by atoms with van der Waals surface area (Å²) < 4.78 is 1.64. The van der Waals surface area contributed by atoms with Gasteiger partial charge in [-0.3, -0.25) is 4.68 Å². The highest BCUT2D eigenvalue weighted by Crippen LogP contribution is 2.09. The van der Waals surface area contributed by atoms with Crippen molar-refractivity contribution in [1.82, 2.24) is 14.8 Å². The first-order valence-electron chi connectivity index (χ1n) is 6.17. The first-order valence-corrected chi connectivity index (χ1v) is 6.17.